The molecule has 3 aromatic rings. The lowest BCUT2D eigenvalue weighted by Crippen LogP contribution is -1.96. The second-order valence-corrected chi connectivity index (χ2v) is 5.15. The first-order valence-corrected chi connectivity index (χ1v) is 6.71. The Bertz CT molecular complexity index is 739. The zero-order valence-electron chi connectivity index (χ0n) is 9.97. The van der Waals surface area contributed by atoms with Crippen molar-refractivity contribution in [1.29, 1.82) is 0 Å². The average molecular weight is 339 g/mol. The summed E-state index contributed by atoms with van der Waals surface area (Å²) in [6.45, 7) is 0. The first-order chi connectivity index (χ1) is 9.19. The Morgan fingerprint density at radius 1 is 1.16 bits per heavy atom. The van der Waals surface area contributed by atoms with Gasteiger partial charge < -0.3 is 4.74 Å². The van der Waals surface area contributed by atoms with Crippen molar-refractivity contribution < 1.29 is 4.74 Å². The number of fused-ring (bicyclic) bond motifs is 1. The molecule has 1 aromatic carbocycles. The van der Waals surface area contributed by atoms with Gasteiger partial charge >= 0.3 is 0 Å². The van der Waals surface area contributed by atoms with E-state index in [0.717, 1.165) is 21.5 Å². The van der Waals surface area contributed by atoms with Crippen LogP contribution < -0.4 is 4.74 Å². The number of ether oxygens (including phenoxy) is 1. The summed E-state index contributed by atoms with van der Waals surface area (Å²) < 4.78 is 7.80. The molecule has 0 unspecified atom stereocenters. The van der Waals surface area contributed by atoms with Crippen molar-refractivity contribution in [2.75, 3.05) is 7.11 Å². The minimum Gasteiger partial charge on any atom is -0.479 e. The minimum absolute atomic E-state index is 0.596. The lowest BCUT2D eigenvalue weighted by atomic mass is 10.2. The number of rotatable bonds is 2. The van der Waals surface area contributed by atoms with E-state index in [1.54, 1.807) is 11.6 Å². The van der Waals surface area contributed by atoms with Crippen LogP contribution in [0.4, 0.5) is 0 Å². The fraction of sp³-hybridized carbons (Fsp3) is 0.0769. The van der Waals surface area contributed by atoms with Crippen LogP contribution in [0.2, 0.25) is 5.02 Å². The van der Waals surface area contributed by atoms with Crippen molar-refractivity contribution in [3.8, 4) is 17.1 Å². The van der Waals surface area contributed by atoms with Crippen molar-refractivity contribution in [3.63, 3.8) is 0 Å². The van der Waals surface area contributed by atoms with Crippen molar-refractivity contribution in [2.24, 2.45) is 0 Å². The summed E-state index contributed by atoms with van der Waals surface area (Å²) in [4.78, 5) is 4.54. The van der Waals surface area contributed by atoms with Gasteiger partial charge in [0.15, 0.2) is 5.65 Å². The highest BCUT2D eigenvalue weighted by Gasteiger charge is 2.15. The van der Waals surface area contributed by atoms with Crippen LogP contribution in [0, 0.1) is 0 Å². The second kappa shape index (κ2) is 4.83. The van der Waals surface area contributed by atoms with Gasteiger partial charge in [0.1, 0.15) is 10.3 Å². The summed E-state index contributed by atoms with van der Waals surface area (Å²) in [5.74, 6) is 0.596. The molecular formula is C13H9BrClN3O. The largest absolute Gasteiger partial charge is 0.479 e. The molecule has 6 heteroatoms. The molecule has 96 valence electrons. The lowest BCUT2D eigenvalue weighted by molar-refractivity contribution is 0.388. The number of imidazole rings is 1. The molecule has 0 atom stereocenters. The molecule has 0 N–H and O–H groups in total. The molecule has 0 aliphatic rings. The number of aromatic nitrogens is 3. The van der Waals surface area contributed by atoms with Gasteiger partial charge in [0.05, 0.1) is 7.11 Å². The molecule has 0 saturated heterocycles. The number of halogens is 2. The Morgan fingerprint density at radius 2 is 1.89 bits per heavy atom. The van der Waals surface area contributed by atoms with E-state index in [0.29, 0.717) is 10.9 Å². The van der Waals surface area contributed by atoms with Crippen LogP contribution in [-0.2, 0) is 0 Å². The number of nitrogens with zero attached hydrogens (tertiary/aromatic N) is 3. The molecule has 4 nitrogen and oxygen atoms in total. The Balaban J connectivity index is 2.25. The summed E-state index contributed by atoms with van der Waals surface area (Å²) >= 11 is 9.23. The van der Waals surface area contributed by atoms with Gasteiger partial charge in [-0.25, -0.2) is 4.98 Å². The summed E-state index contributed by atoms with van der Waals surface area (Å²) in [5.41, 5.74) is 2.40. The third kappa shape index (κ3) is 2.19. The van der Waals surface area contributed by atoms with Gasteiger partial charge in [0.25, 0.3) is 0 Å². The molecule has 0 aliphatic heterocycles. The summed E-state index contributed by atoms with van der Waals surface area (Å²) in [7, 11) is 1.60. The SMILES string of the molecule is COc1c(-c2ccc(Cl)cc2)nc2ccc(Br)nn12. The van der Waals surface area contributed by atoms with E-state index in [4.69, 9.17) is 16.3 Å². The third-order valence-electron chi connectivity index (χ3n) is 2.71. The highest BCUT2D eigenvalue weighted by molar-refractivity contribution is 9.10. The number of methoxy groups -OCH3 is 1. The summed E-state index contributed by atoms with van der Waals surface area (Å²) in [5, 5.41) is 5.02. The molecule has 0 fully saturated rings. The van der Waals surface area contributed by atoms with Crippen molar-refractivity contribution in [2.45, 2.75) is 0 Å². The molecule has 19 heavy (non-hydrogen) atoms. The maximum atomic E-state index is 5.90. The molecular weight excluding hydrogens is 330 g/mol. The van der Waals surface area contributed by atoms with Gasteiger partial charge in [-0.15, -0.1) is 0 Å². The van der Waals surface area contributed by atoms with E-state index in [-0.39, 0.29) is 0 Å². The van der Waals surface area contributed by atoms with Gasteiger partial charge in [-0.05, 0) is 40.2 Å². The van der Waals surface area contributed by atoms with Crippen LogP contribution in [0.25, 0.3) is 16.9 Å². The maximum absolute atomic E-state index is 5.90. The van der Waals surface area contributed by atoms with Crippen LogP contribution in [0.15, 0.2) is 41.0 Å². The zero-order chi connectivity index (χ0) is 13.4. The summed E-state index contributed by atoms with van der Waals surface area (Å²) in [6, 6.07) is 11.2. The Labute approximate surface area is 123 Å². The predicted octanol–water partition coefficient (Wildman–Crippen LogP) is 3.82. The molecule has 0 saturated carbocycles. The van der Waals surface area contributed by atoms with Crippen LogP contribution in [0.5, 0.6) is 5.88 Å². The topological polar surface area (TPSA) is 39.4 Å². The first kappa shape index (κ1) is 12.4. The van der Waals surface area contributed by atoms with Crippen molar-refractivity contribution >= 4 is 33.2 Å². The van der Waals surface area contributed by atoms with E-state index in [1.165, 1.54) is 0 Å². The zero-order valence-corrected chi connectivity index (χ0v) is 12.3. The third-order valence-corrected chi connectivity index (χ3v) is 3.39. The number of hydrogen-bond donors (Lipinski definition) is 0. The fourth-order valence-electron chi connectivity index (χ4n) is 1.87. The maximum Gasteiger partial charge on any atom is 0.243 e. The number of hydrogen-bond acceptors (Lipinski definition) is 3. The van der Waals surface area contributed by atoms with Gasteiger partial charge in [0.2, 0.25) is 5.88 Å². The molecule has 0 aliphatic carbocycles. The van der Waals surface area contributed by atoms with Crippen molar-refractivity contribution in [3.05, 3.63) is 46.0 Å². The van der Waals surface area contributed by atoms with E-state index in [2.05, 4.69) is 26.0 Å². The van der Waals surface area contributed by atoms with Crippen molar-refractivity contribution in [1.82, 2.24) is 14.6 Å². The lowest BCUT2D eigenvalue weighted by Gasteiger charge is -2.02. The Kier molecular flexibility index (Phi) is 3.16. The standard InChI is InChI=1S/C13H9BrClN3O/c1-19-13-12(8-2-4-9(15)5-3-8)16-11-7-6-10(14)17-18(11)13/h2-7H,1H3. The highest BCUT2D eigenvalue weighted by Crippen LogP contribution is 2.30. The average Bonchev–Trinajstić information content (AvgIpc) is 2.77. The van der Waals surface area contributed by atoms with Gasteiger partial charge in [0, 0.05) is 10.6 Å². The number of benzene rings is 1. The van der Waals surface area contributed by atoms with Crippen LogP contribution in [0.3, 0.4) is 0 Å². The van der Waals surface area contributed by atoms with Gasteiger partial charge in [-0.3, -0.25) is 0 Å². The summed E-state index contributed by atoms with van der Waals surface area (Å²) in [6.07, 6.45) is 0. The quantitative estimate of drug-likeness (QED) is 0.713. The monoisotopic (exact) mass is 337 g/mol. The molecule has 2 aromatic heterocycles. The smallest absolute Gasteiger partial charge is 0.243 e. The molecule has 0 spiro atoms. The first-order valence-electron chi connectivity index (χ1n) is 5.54. The van der Waals surface area contributed by atoms with Crippen LogP contribution in [0.1, 0.15) is 0 Å². The molecule has 0 bridgehead atoms. The normalized spacial score (nSPS) is 10.9. The molecule has 2 heterocycles. The molecule has 3 rings (SSSR count). The van der Waals surface area contributed by atoms with Gasteiger partial charge in [-0.2, -0.15) is 9.61 Å². The van der Waals surface area contributed by atoms with E-state index in [1.807, 2.05) is 36.4 Å². The van der Waals surface area contributed by atoms with Gasteiger partial charge in [-0.1, -0.05) is 23.7 Å². The van der Waals surface area contributed by atoms with Crippen LogP contribution in [-0.4, -0.2) is 21.7 Å². The molecule has 0 amide bonds. The molecule has 0 radical (unpaired) electrons. The Hall–Kier alpha value is -1.59. The second-order valence-electron chi connectivity index (χ2n) is 3.90. The van der Waals surface area contributed by atoms with E-state index < -0.39 is 0 Å². The van der Waals surface area contributed by atoms with E-state index >= 15 is 0 Å². The fourth-order valence-corrected chi connectivity index (χ4v) is 2.29. The van der Waals surface area contributed by atoms with Crippen LogP contribution >= 0.6 is 27.5 Å². The van der Waals surface area contributed by atoms with E-state index in [9.17, 15) is 0 Å². The predicted molar refractivity (Wildman–Crippen MR) is 77.7 cm³/mol. The Morgan fingerprint density at radius 3 is 2.58 bits per heavy atom. The minimum atomic E-state index is 0.596. The highest BCUT2D eigenvalue weighted by atomic mass is 79.9.